The molecule has 0 aliphatic rings. The minimum atomic E-state index is -3.88. The van der Waals surface area contributed by atoms with E-state index in [9.17, 15) is 17.6 Å². The number of aryl methyl sites for hydroxylation is 1. The Labute approximate surface area is 134 Å². The monoisotopic (exact) mass is 336 g/mol. The molecule has 23 heavy (non-hydrogen) atoms. The van der Waals surface area contributed by atoms with Crippen molar-refractivity contribution in [2.45, 2.75) is 25.3 Å². The molecule has 0 spiro atoms. The van der Waals surface area contributed by atoms with Gasteiger partial charge in [-0.25, -0.2) is 12.8 Å². The molecule has 0 radical (unpaired) electrons. The molecule has 0 aliphatic heterocycles. The predicted molar refractivity (Wildman–Crippen MR) is 85.9 cm³/mol. The average molecular weight is 336 g/mol. The topological polar surface area (TPSA) is 75.3 Å². The summed E-state index contributed by atoms with van der Waals surface area (Å²) in [6.07, 6.45) is 0. The van der Waals surface area contributed by atoms with Crippen LogP contribution in [0.4, 0.5) is 10.1 Å². The first-order valence-electron chi connectivity index (χ1n) is 6.90. The number of hydrogen-bond acceptors (Lipinski definition) is 3. The molecular weight excluding hydrogens is 319 g/mol. The van der Waals surface area contributed by atoms with Crippen LogP contribution in [0.2, 0.25) is 0 Å². The molecule has 7 heteroatoms. The van der Waals surface area contributed by atoms with Crippen LogP contribution in [0.25, 0.3) is 0 Å². The highest BCUT2D eigenvalue weighted by molar-refractivity contribution is 7.92. The zero-order chi connectivity index (χ0) is 17.0. The number of sulfonamides is 1. The fourth-order valence-electron chi connectivity index (χ4n) is 1.93. The molecule has 1 amide bonds. The lowest BCUT2D eigenvalue weighted by molar-refractivity contribution is -0.119. The summed E-state index contributed by atoms with van der Waals surface area (Å²) in [4.78, 5) is 10.9. The van der Waals surface area contributed by atoms with Crippen molar-refractivity contribution in [2.75, 3.05) is 4.72 Å². The number of rotatable bonds is 5. The molecule has 0 heterocycles. The molecule has 5 nitrogen and oxygen atoms in total. The molecule has 0 bridgehead atoms. The van der Waals surface area contributed by atoms with E-state index in [0.717, 1.165) is 11.1 Å². The van der Waals surface area contributed by atoms with Gasteiger partial charge in [0.25, 0.3) is 10.0 Å². The number of amides is 1. The van der Waals surface area contributed by atoms with Crippen molar-refractivity contribution in [3.05, 3.63) is 59.4 Å². The second-order valence-corrected chi connectivity index (χ2v) is 6.82. The summed E-state index contributed by atoms with van der Waals surface area (Å²) >= 11 is 0. The van der Waals surface area contributed by atoms with Crippen LogP contribution in [0.3, 0.4) is 0 Å². The Morgan fingerprint density at radius 2 is 1.78 bits per heavy atom. The van der Waals surface area contributed by atoms with Gasteiger partial charge >= 0.3 is 0 Å². The van der Waals surface area contributed by atoms with E-state index in [2.05, 4.69) is 10.0 Å². The summed E-state index contributed by atoms with van der Waals surface area (Å²) < 4.78 is 40.5. The van der Waals surface area contributed by atoms with E-state index in [0.29, 0.717) is 6.54 Å². The third-order valence-electron chi connectivity index (χ3n) is 3.14. The normalized spacial score (nSPS) is 11.1. The van der Waals surface area contributed by atoms with Gasteiger partial charge in [0, 0.05) is 13.5 Å². The third kappa shape index (κ3) is 4.53. The Morgan fingerprint density at radius 3 is 2.39 bits per heavy atom. The molecule has 0 aliphatic carbocycles. The zero-order valence-electron chi connectivity index (χ0n) is 12.8. The SMILES string of the molecule is CC(=O)NCc1ccc(S(=O)(=O)Nc2cc(C)ccc2F)cc1. The third-order valence-corrected chi connectivity index (χ3v) is 4.52. The van der Waals surface area contributed by atoms with Crippen LogP contribution in [0.5, 0.6) is 0 Å². The molecule has 2 N–H and O–H groups in total. The van der Waals surface area contributed by atoms with Gasteiger partial charge in [-0.05, 0) is 42.3 Å². The maximum Gasteiger partial charge on any atom is 0.261 e. The molecule has 0 atom stereocenters. The summed E-state index contributed by atoms with van der Waals surface area (Å²) in [5.41, 5.74) is 1.42. The fraction of sp³-hybridized carbons (Fsp3) is 0.188. The van der Waals surface area contributed by atoms with Crippen LogP contribution in [0.1, 0.15) is 18.1 Å². The average Bonchev–Trinajstić information content (AvgIpc) is 2.49. The van der Waals surface area contributed by atoms with Crippen molar-refractivity contribution in [1.82, 2.24) is 5.32 Å². The van der Waals surface area contributed by atoms with E-state index in [1.54, 1.807) is 25.1 Å². The van der Waals surface area contributed by atoms with Gasteiger partial charge < -0.3 is 5.32 Å². The minimum Gasteiger partial charge on any atom is -0.352 e. The van der Waals surface area contributed by atoms with Gasteiger partial charge in [-0.15, -0.1) is 0 Å². The van der Waals surface area contributed by atoms with Crippen molar-refractivity contribution < 1.29 is 17.6 Å². The Kier molecular flexibility index (Phi) is 5.00. The van der Waals surface area contributed by atoms with Crippen molar-refractivity contribution in [1.29, 1.82) is 0 Å². The molecule has 0 fully saturated rings. The molecule has 0 saturated heterocycles. The van der Waals surface area contributed by atoms with Gasteiger partial charge in [0.2, 0.25) is 5.91 Å². The number of carbonyl (C=O) groups is 1. The molecule has 0 saturated carbocycles. The van der Waals surface area contributed by atoms with Crippen LogP contribution < -0.4 is 10.0 Å². The Morgan fingerprint density at radius 1 is 1.13 bits per heavy atom. The number of halogens is 1. The first-order chi connectivity index (χ1) is 10.8. The second-order valence-electron chi connectivity index (χ2n) is 5.14. The Bertz CT molecular complexity index is 818. The van der Waals surface area contributed by atoms with Crippen LogP contribution >= 0.6 is 0 Å². The molecular formula is C16H17FN2O3S. The molecule has 122 valence electrons. The van der Waals surface area contributed by atoms with Crippen molar-refractivity contribution >= 4 is 21.6 Å². The first kappa shape index (κ1) is 17.0. The Hall–Kier alpha value is -2.41. The lowest BCUT2D eigenvalue weighted by Gasteiger charge is -2.10. The van der Waals surface area contributed by atoms with Crippen molar-refractivity contribution in [2.24, 2.45) is 0 Å². The van der Waals surface area contributed by atoms with E-state index < -0.39 is 15.8 Å². The number of benzene rings is 2. The summed E-state index contributed by atoms with van der Waals surface area (Å²) in [5.74, 6) is -0.806. The zero-order valence-corrected chi connectivity index (χ0v) is 13.6. The van der Waals surface area contributed by atoms with Gasteiger partial charge in [-0.1, -0.05) is 18.2 Å². The number of hydrogen-bond donors (Lipinski definition) is 2. The number of anilines is 1. The minimum absolute atomic E-state index is 0.0185. The van der Waals surface area contributed by atoms with E-state index >= 15 is 0 Å². The summed E-state index contributed by atoms with van der Waals surface area (Å²) in [5, 5.41) is 2.62. The maximum atomic E-state index is 13.7. The Balaban J connectivity index is 2.19. The van der Waals surface area contributed by atoms with Crippen LogP contribution in [0.15, 0.2) is 47.4 Å². The highest BCUT2D eigenvalue weighted by Gasteiger charge is 2.16. The first-order valence-corrected chi connectivity index (χ1v) is 8.38. The lowest BCUT2D eigenvalue weighted by Crippen LogP contribution is -2.19. The van der Waals surface area contributed by atoms with E-state index in [1.165, 1.54) is 31.2 Å². The second kappa shape index (κ2) is 6.78. The molecule has 2 rings (SSSR count). The maximum absolute atomic E-state index is 13.7. The quantitative estimate of drug-likeness (QED) is 0.881. The van der Waals surface area contributed by atoms with Gasteiger partial charge in [-0.2, -0.15) is 0 Å². The summed E-state index contributed by atoms with van der Waals surface area (Å²) in [6.45, 7) is 3.46. The predicted octanol–water partition coefficient (Wildman–Crippen LogP) is 2.57. The van der Waals surface area contributed by atoms with Gasteiger partial charge in [0.1, 0.15) is 5.82 Å². The van der Waals surface area contributed by atoms with E-state index in [1.807, 2.05) is 0 Å². The van der Waals surface area contributed by atoms with Crippen molar-refractivity contribution in [3.63, 3.8) is 0 Å². The van der Waals surface area contributed by atoms with Crippen LogP contribution in [-0.4, -0.2) is 14.3 Å². The lowest BCUT2D eigenvalue weighted by atomic mass is 10.2. The number of nitrogens with one attached hydrogen (secondary N) is 2. The highest BCUT2D eigenvalue weighted by atomic mass is 32.2. The van der Waals surface area contributed by atoms with Crippen LogP contribution in [-0.2, 0) is 21.4 Å². The highest BCUT2D eigenvalue weighted by Crippen LogP contribution is 2.20. The molecule has 0 aromatic heterocycles. The van der Waals surface area contributed by atoms with Crippen molar-refractivity contribution in [3.8, 4) is 0 Å². The van der Waals surface area contributed by atoms with E-state index in [-0.39, 0.29) is 16.5 Å². The van der Waals surface area contributed by atoms with Gasteiger partial charge in [-0.3, -0.25) is 9.52 Å². The van der Waals surface area contributed by atoms with E-state index in [4.69, 9.17) is 0 Å². The standard InChI is InChI=1S/C16H17FN2O3S/c1-11-3-8-15(17)16(9-11)19-23(21,22)14-6-4-13(5-7-14)10-18-12(2)20/h3-9,19H,10H2,1-2H3,(H,18,20). The molecule has 2 aromatic carbocycles. The molecule has 0 unspecified atom stereocenters. The smallest absolute Gasteiger partial charge is 0.261 e. The summed E-state index contributed by atoms with van der Waals surface area (Å²) in [6, 6.07) is 10.2. The number of carbonyl (C=O) groups excluding carboxylic acids is 1. The largest absolute Gasteiger partial charge is 0.352 e. The van der Waals surface area contributed by atoms with Gasteiger partial charge in [0.05, 0.1) is 10.6 Å². The van der Waals surface area contributed by atoms with Gasteiger partial charge in [0.15, 0.2) is 0 Å². The summed E-state index contributed by atoms with van der Waals surface area (Å²) in [7, 11) is -3.88. The van der Waals surface area contributed by atoms with Crippen LogP contribution in [0, 0.1) is 12.7 Å². The molecule has 2 aromatic rings. The fourth-order valence-corrected chi connectivity index (χ4v) is 2.99.